The van der Waals surface area contributed by atoms with E-state index in [-0.39, 0.29) is 12.1 Å². The first-order valence-corrected chi connectivity index (χ1v) is 6.60. The number of anilines is 1. The molecule has 1 aliphatic rings. The van der Waals surface area contributed by atoms with E-state index in [1.54, 1.807) is 0 Å². The molecule has 98 valence electrons. The molecule has 2 N–H and O–H groups in total. The second-order valence-electron chi connectivity index (χ2n) is 4.56. The number of carbonyl (C=O) groups is 1. The Morgan fingerprint density at radius 2 is 2.06 bits per heavy atom. The van der Waals surface area contributed by atoms with E-state index in [0.29, 0.717) is 6.54 Å². The smallest absolute Gasteiger partial charge is 0.324 e. The average Bonchev–Trinajstić information content (AvgIpc) is 2.41. The highest BCUT2D eigenvalue weighted by Crippen LogP contribution is 2.32. The van der Waals surface area contributed by atoms with Crippen LogP contribution in [-0.4, -0.2) is 30.6 Å². The molecule has 0 fully saturated rings. The molecule has 1 unspecified atom stereocenters. The summed E-state index contributed by atoms with van der Waals surface area (Å²) in [6.07, 6.45) is 0.823. The Morgan fingerprint density at radius 3 is 2.72 bits per heavy atom. The van der Waals surface area contributed by atoms with Crippen molar-refractivity contribution in [3.8, 4) is 0 Å². The second kappa shape index (κ2) is 5.40. The second-order valence-corrected chi connectivity index (χ2v) is 4.56. The molecule has 0 spiro atoms. The van der Waals surface area contributed by atoms with Crippen LogP contribution >= 0.6 is 0 Å². The van der Waals surface area contributed by atoms with Gasteiger partial charge >= 0.3 is 6.03 Å². The topological polar surface area (TPSA) is 49.6 Å². The summed E-state index contributed by atoms with van der Waals surface area (Å²) >= 11 is 0. The molecule has 2 rings (SSSR count). The fourth-order valence-electron chi connectivity index (χ4n) is 2.45. The monoisotopic (exact) mass is 247 g/mol. The molecule has 18 heavy (non-hydrogen) atoms. The number of fused-ring (bicyclic) bond motifs is 1. The van der Waals surface area contributed by atoms with E-state index in [2.05, 4.69) is 0 Å². The summed E-state index contributed by atoms with van der Waals surface area (Å²) in [6, 6.07) is 8.06. The standard InChI is InChI=1S/C14H21N3O/c1-3-16(4-2)14(18)17-10-9-12(15)11-7-5-6-8-13(11)17/h5-8,12H,3-4,9-10,15H2,1-2H3. The van der Waals surface area contributed by atoms with E-state index in [9.17, 15) is 4.79 Å². The van der Waals surface area contributed by atoms with Crippen LogP contribution in [0.5, 0.6) is 0 Å². The number of rotatable bonds is 2. The van der Waals surface area contributed by atoms with E-state index in [0.717, 1.165) is 30.8 Å². The lowest BCUT2D eigenvalue weighted by Gasteiger charge is -2.35. The summed E-state index contributed by atoms with van der Waals surface area (Å²) in [4.78, 5) is 16.1. The van der Waals surface area contributed by atoms with Crippen LogP contribution in [0.2, 0.25) is 0 Å². The van der Waals surface area contributed by atoms with Gasteiger partial charge in [-0.25, -0.2) is 4.79 Å². The van der Waals surface area contributed by atoms with E-state index < -0.39 is 0 Å². The first-order chi connectivity index (χ1) is 8.69. The Bertz CT molecular complexity index is 429. The molecule has 0 saturated carbocycles. The Morgan fingerprint density at radius 1 is 1.39 bits per heavy atom. The summed E-state index contributed by atoms with van der Waals surface area (Å²) in [5.74, 6) is 0. The molecule has 0 saturated heterocycles. The highest BCUT2D eigenvalue weighted by atomic mass is 16.2. The number of carbonyl (C=O) groups excluding carboxylic acids is 1. The zero-order valence-electron chi connectivity index (χ0n) is 11.1. The minimum atomic E-state index is 0.0435. The van der Waals surface area contributed by atoms with Gasteiger partial charge < -0.3 is 10.6 Å². The van der Waals surface area contributed by atoms with Crippen molar-refractivity contribution in [3.63, 3.8) is 0 Å². The zero-order chi connectivity index (χ0) is 13.1. The van der Waals surface area contributed by atoms with Crippen LogP contribution in [-0.2, 0) is 0 Å². The van der Waals surface area contributed by atoms with Gasteiger partial charge in [-0.2, -0.15) is 0 Å². The number of hydrogen-bond donors (Lipinski definition) is 1. The Kier molecular flexibility index (Phi) is 3.87. The highest BCUT2D eigenvalue weighted by Gasteiger charge is 2.28. The third-order valence-corrected chi connectivity index (χ3v) is 3.56. The van der Waals surface area contributed by atoms with Gasteiger partial charge in [-0.3, -0.25) is 4.90 Å². The number of amides is 2. The lowest BCUT2D eigenvalue weighted by molar-refractivity contribution is 0.209. The van der Waals surface area contributed by atoms with Gasteiger partial charge in [0.2, 0.25) is 0 Å². The molecule has 1 heterocycles. The maximum absolute atomic E-state index is 12.4. The van der Waals surface area contributed by atoms with Crippen molar-refractivity contribution in [3.05, 3.63) is 29.8 Å². The third-order valence-electron chi connectivity index (χ3n) is 3.56. The van der Waals surface area contributed by atoms with Crippen LogP contribution in [0.4, 0.5) is 10.5 Å². The van der Waals surface area contributed by atoms with Crippen LogP contribution in [0.25, 0.3) is 0 Å². The third kappa shape index (κ3) is 2.20. The van der Waals surface area contributed by atoms with Crippen molar-refractivity contribution >= 4 is 11.7 Å². The lowest BCUT2D eigenvalue weighted by Crippen LogP contribution is -2.46. The summed E-state index contributed by atoms with van der Waals surface area (Å²) < 4.78 is 0. The molecule has 1 aromatic rings. The van der Waals surface area contributed by atoms with E-state index in [1.807, 2.05) is 47.9 Å². The molecule has 1 atom stereocenters. The van der Waals surface area contributed by atoms with Gasteiger partial charge in [0.15, 0.2) is 0 Å². The average molecular weight is 247 g/mol. The van der Waals surface area contributed by atoms with Gasteiger partial charge in [-0.05, 0) is 31.9 Å². The number of nitrogens with zero attached hydrogens (tertiary/aromatic N) is 2. The van der Waals surface area contributed by atoms with Crippen molar-refractivity contribution in [2.75, 3.05) is 24.5 Å². The van der Waals surface area contributed by atoms with E-state index in [4.69, 9.17) is 5.73 Å². The molecule has 0 aliphatic carbocycles. The van der Waals surface area contributed by atoms with Crippen molar-refractivity contribution in [2.45, 2.75) is 26.3 Å². The van der Waals surface area contributed by atoms with Crippen LogP contribution in [0.3, 0.4) is 0 Å². The molecule has 2 amide bonds. The highest BCUT2D eigenvalue weighted by molar-refractivity contribution is 5.93. The molecule has 4 heteroatoms. The van der Waals surface area contributed by atoms with Crippen molar-refractivity contribution < 1.29 is 4.79 Å². The largest absolute Gasteiger partial charge is 0.325 e. The Hall–Kier alpha value is -1.55. The first kappa shape index (κ1) is 12.9. The van der Waals surface area contributed by atoms with E-state index >= 15 is 0 Å². The predicted octanol–water partition coefficient (Wildman–Crippen LogP) is 2.36. The van der Waals surface area contributed by atoms with Crippen molar-refractivity contribution in [1.29, 1.82) is 0 Å². The predicted molar refractivity (Wildman–Crippen MR) is 73.7 cm³/mol. The number of benzene rings is 1. The molecule has 0 radical (unpaired) electrons. The van der Waals surface area contributed by atoms with Gasteiger partial charge in [0.25, 0.3) is 0 Å². The Balaban J connectivity index is 2.31. The van der Waals surface area contributed by atoms with Crippen molar-refractivity contribution in [1.82, 2.24) is 4.90 Å². The fourth-order valence-corrected chi connectivity index (χ4v) is 2.45. The number of urea groups is 1. The maximum Gasteiger partial charge on any atom is 0.324 e. The van der Waals surface area contributed by atoms with Gasteiger partial charge in [0.1, 0.15) is 0 Å². The van der Waals surface area contributed by atoms with Gasteiger partial charge in [-0.15, -0.1) is 0 Å². The molecular weight excluding hydrogens is 226 g/mol. The molecular formula is C14H21N3O. The molecule has 0 aromatic heterocycles. The van der Waals surface area contributed by atoms with Gasteiger partial charge in [0.05, 0.1) is 5.69 Å². The summed E-state index contributed by atoms with van der Waals surface area (Å²) in [5, 5.41) is 0. The molecule has 4 nitrogen and oxygen atoms in total. The zero-order valence-corrected chi connectivity index (χ0v) is 11.1. The normalized spacial score (nSPS) is 18.4. The number of hydrogen-bond acceptors (Lipinski definition) is 2. The summed E-state index contributed by atoms with van der Waals surface area (Å²) in [5.41, 5.74) is 8.14. The minimum absolute atomic E-state index is 0.0435. The van der Waals surface area contributed by atoms with E-state index in [1.165, 1.54) is 0 Å². The maximum atomic E-state index is 12.4. The minimum Gasteiger partial charge on any atom is -0.325 e. The van der Waals surface area contributed by atoms with Gasteiger partial charge in [0, 0.05) is 25.7 Å². The van der Waals surface area contributed by atoms with Gasteiger partial charge in [-0.1, -0.05) is 18.2 Å². The number of para-hydroxylation sites is 1. The SMILES string of the molecule is CCN(CC)C(=O)N1CCC(N)c2ccccc21. The van der Waals surface area contributed by atoms with Crippen LogP contribution in [0.15, 0.2) is 24.3 Å². The molecule has 0 bridgehead atoms. The summed E-state index contributed by atoms with van der Waals surface area (Å²) in [7, 11) is 0. The lowest BCUT2D eigenvalue weighted by atomic mass is 9.97. The quantitative estimate of drug-likeness (QED) is 0.872. The first-order valence-electron chi connectivity index (χ1n) is 6.60. The fraction of sp³-hybridized carbons (Fsp3) is 0.500. The van der Waals surface area contributed by atoms with Crippen molar-refractivity contribution in [2.24, 2.45) is 5.73 Å². The van der Waals surface area contributed by atoms with Crippen LogP contribution in [0.1, 0.15) is 31.9 Å². The summed E-state index contributed by atoms with van der Waals surface area (Å²) in [6.45, 7) is 6.18. The van der Waals surface area contributed by atoms with Crippen LogP contribution in [0, 0.1) is 0 Å². The number of nitrogens with two attached hydrogens (primary N) is 1. The Labute approximate surface area is 108 Å². The molecule has 1 aliphatic heterocycles. The van der Waals surface area contributed by atoms with Crippen LogP contribution < -0.4 is 10.6 Å². The molecule has 1 aromatic carbocycles.